The van der Waals surface area contributed by atoms with E-state index < -0.39 is 5.91 Å². The minimum Gasteiger partial charge on any atom is -0.489 e. The first-order chi connectivity index (χ1) is 17.3. The van der Waals surface area contributed by atoms with Crippen LogP contribution in [0, 0.1) is 20.8 Å². The van der Waals surface area contributed by atoms with Crippen molar-refractivity contribution in [1.82, 2.24) is 15.0 Å². The van der Waals surface area contributed by atoms with Crippen molar-refractivity contribution in [3.63, 3.8) is 0 Å². The molecule has 1 unspecified atom stereocenters. The van der Waals surface area contributed by atoms with Crippen LogP contribution >= 0.6 is 11.6 Å². The Balaban J connectivity index is 1.68. The van der Waals surface area contributed by atoms with Gasteiger partial charge < -0.3 is 19.8 Å². The minimum atomic E-state index is -0.441. The Morgan fingerprint density at radius 2 is 1.97 bits per heavy atom. The second-order valence-electron chi connectivity index (χ2n) is 8.91. The number of aromatic amines is 1. The minimum absolute atomic E-state index is 0.0403. The molecule has 36 heavy (non-hydrogen) atoms. The van der Waals surface area contributed by atoms with E-state index in [9.17, 15) is 9.59 Å². The molecule has 2 aromatic carbocycles. The predicted molar refractivity (Wildman–Crippen MR) is 139 cm³/mol. The molecular formula is C27H25ClN4O4. The van der Waals surface area contributed by atoms with Crippen LogP contribution in [0.5, 0.6) is 5.75 Å². The number of carbonyl (C=O) groups excluding carboxylic acids is 1. The van der Waals surface area contributed by atoms with Crippen LogP contribution in [-0.4, -0.2) is 40.2 Å². The zero-order valence-electron chi connectivity index (χ0n) is 20.1. The number of aryl methyl sites for hydroxylation is 2. The van der Waals surface area contributed by atoms with Crippen molar-refractivity contribution in [2.45, 2.75) is 33.3 Å². The van der Waals surface area contributed by atoms with E-state index in [0.717, 1.165) is 28.7 Å². The number of hydrogen-bond donors (Lipinski definition) is 2. The molecule has 1 fully saturated rings. The number of pyridine rings is 1. The number of aromatic nitrogens is 3. The van der Waals surface area contributed by atoms with Crippen molar-refractivity contribution in [1.29, 1.82) is 0 Å². The van der Waals surface area contributed by atoms with Crippen molar-refractivity contribution in [3.05, 3.63) is 80.5 Å². The third-order valence-corrected chi connectivity index (χ3v) is 6.86. The molecule has 1 saturated heterocycles. The lowest BCUT2D eigenvalue weighted by atomic mass is 9.95. The Bertz CT molecular complexity index is 1510. The molecule has 0 aliphatic carbocycles. The number of fused-ring (bicyclic) bond motifs is 1. The van der Waals surface area contributed by atoms with Gasteiger partial charge in [0, 0.05) is 24.6 Å². The maximum absolute atomic E-state index is 13.4. The molecule has 1 aliphatic heterocycles. The van der Waals surface area contributed by atoms with Gasteiger partial charge in [-0.2, -0.15) is 0 Å². The fourth-order valence-electron chi connectivity index (χ4n) is 4.19. The first kappa shape index (κ1) is 24.0. The van der Waals surface area contributed by atoms with Crippen LogP contribution in [0.25, 0.3) is 22.0 Å². The number of ether oxygens (including phenoxy) is 2. The molecule has 0 saturated carbocycles. The summed E-state index contributed by atoms with van der Waals surface area (Å²) >= 11 is 6.47. The van der Waals surface area contributed by atoms with Crippen LogP contribution in [0.15, 0.2) is 47.7 Å². The van der Waals surface area contributed by atoms with Crippen LogP contribution in [0.1, 0.15) is 33.5 Å². The second-order valence-corrected chi connectivity index (χ2v) is 9.32. The van der Waals surface area contributed by atoms with Crippen LogP contribution in [0.4, 0.5) is 5.82 Å². The van der Waals surface area contributed by atoms with Gasteiger partial charge in [-0.25, -0.2) is 9.97 Å². The standard InChI is InChI=1S/C27H25ClN4O4/c1-14-8-17(9-15(2)16(14)3)24-25(36-12-18-5-7-35-18)20-10-19(21(28)11-22(20)31-27(24)34)26(33)32-23-4-6-29-13-30-23/h4,6,8-11,13,18H,5,7,12H2,1-3H3,(H,31,34)(H,29,30,32,33). The number of amides is 1. The molecule has 1 aliphatic rings. The van der Waals surface area contributed by atoms with Crippen LogP contribution in [0.3, 0.4) is 0 Å². The monoisotopic (exact) mass is 504 g/mol. The quantitative estimate of drug-likeness (QED) is 0.383. The lowest BCUT2D eigenvalue weighted by Crippen LogP contribution is -2.33. The third kappa shape index (κ3) is 4.57. The van der Waals surface area contributed by atoms with Gasteiger partial charge in [-0.15, -0.1) is 0 Å². The van der Waals surface area contributed by atoms with Gasteiger partial charge >= 0.3 is 0 Å². The van der Waals surface area contributed by atoms with E-state index in [1.54, 1.807) is 18.2 Å². The summed E-state index contributed by atoms with van der Waals surface area (Å²) in [4.78, 5) is 37.2. The highest BCUT2D eigenvalue weighted by Gasteiger charge is 2.24. The van der Waals surface area contributed by atoms with Crippen LogP contribution in [-0.2, 0) is 4.74 Å². The third-order valence-electron chi connectivity index (χ3n) is 6.54. The fourth-order valence-corrected chi connectivity index (χ4v) is 4.44. The normalized spacial score (nSPS) is 14.9. The molecule has 1 amide bonds. The number of halogens is 1. The molecule has 2 aromatic heterocycles. The van der Waals surface area contributed by atoms with E-state index in [0.29, 0.717) is 41.2 Å². The van der Waals surface area contributed by atoms with E-state index in [-0.39, 0.29) is 22.2 Å². The molecule has 5 rings (SSSR count). The molecule has 3 heterocycles. The first-order valence-corrected chi connectivity index (χ1v) is 12.0. The maximum atomic E-state index is 13.4. The van der Waals surface area contributed by atoms with E-state index in [1.165, 1.54) is 12.5 Å². The molecule has 0 bridgehead atoms. The largest absolute Gasteiger partial charge is 0.489 e. The van der Waals surface area contributed by atoms with Gasteiger partial charge in [0.05, 0.1) is 27.8 Å². The lowest BCUT2D eigenvalue weighted by molar-refractivity contribution is -0.0718. The zero-order valence-corrected chi connectivity index (χ0v) is 20.9. The number of rotatable bonds is 6. The summed E-state index contributed by atoms with van der Waals surface area (Å²) < 4.78 is 11.8. The fraction of sp³-hybridized carbons (Fsp3) is 0.259. The predicted octanol–water partition coefficient (Wildman–Crippen LogP) is 4.98. The SMILES string of the molecule is Cc1cc(-c2c(OCC3CCO3)c3cc(C(=O)Nc4ccncn4)c(Cl)cc3[nH]c2=O)cc(C)c1C. The van der Waals surface area contributed by atoms with E-state index in [4.69, 9.17) is 21.1 Å². The van der Waals surface area contributed by atoms with Gasteiger partial charge in [-0.05, 0) is 61.2 Å². The van der Waals surface area contributed by atoms with E-state index in [1.807, 2.05) is 26.0 Å². The number of anilines is 1. The zero-order chi connectivity index (χ0) is 25.4. The summed E-state index contributed by atoms with van der Waals surface area (Å²) in [7, 11) is 0. The molecule has 0 radical (unpaired) electrons. The average molecular weight is 505 g/mol. The van der Waals surface area contributed by atoms with Gasteiger partial charge in [-0.1, -0.05) is 23.7 Å². The van der Waals surface area contributed by atoms with Gasteiger partial charge in [0.1, 0.15) is 24.5 Å². The number of carbonyl (C=O) groups is 1. The molecule has 9 heteroatoms. The summed E-state index contributed by atoms with van der Waals surface area (Å²) in [5, 5.41) is 3.48. The van der Waals surface area contributed by atoms with Crippen molar-refractivity contribution in [3.8, 4) is 16.9 Å². The molecule has 184 valence electrons. The highest BCUT2D eigenvalue weighted by Crippen LogP contribution is 2.37. The van der Waals surface area contributed by atoms with Crippen molar-refractivity contribution in [2.75, 3.05) is 18.5 Å². The van der Waals surface area contributed by atoms with Crippen LogP contribution in [0.2, 0.25) is 5.02 Å². The highest BCUT2D eigenvalue weighted by molar-refractivity contribution is 6.35. The number of nitrogens with one attached hydrogen (secondary N) is 2. The van der Waals surface area contributed by atoms with Crippen molar-refractivity contribution >= 4 is 34.2 Å². The summed E-state index contributed by atoms with van der Waals surface area (Å²) in [5.41, 5.74) is 4.83. The van der Waals surface area contributed by atoms with Crippen LogP contribution < -0.4 is 15.6 Å². The van der Waals surface area contributed by atoms with Crippen molar-refractivity contribution in [2.24, 2.45) is 0 Å². The smallest absolute Gasteiger partial charge is 0.260 e. The number of hydrogen-bond acceptors (Lipinski definition) is 6. The summed E-state index contributed by atoms with van der Waals surface area (Å²) in [6.45, 7) is 7.06. The van der Waals surface area contributed by atoms with E-state index >= 15 is 0 Å². The molecule has 0 spiro atoms. The lowest BCUT2D eigenvalue weighted by Gasteiger charge is -2.27. The average Bonchev–Trinajstić information content (AvgIpc) is 2.81. The van der Waals surface area contributed by atoms with E-state index in [2.05, 4.69) is 27.2 Å². The number of nitrogens with zero attached hydrogens (tertiary/aromatic N) is 2. The first-order valence-electron chi connectivity index (χ1n) is 11.6. The van der Waals surface area contributed by atoms with Gasteiger partial charge in [-0.3, -0.25) is 9.59 Å². The van der Waals surface area contributed by atoms with Gasteiger partial charge in [0.2, 0.25) is 0 Å². The Kier molecular flexibility index (Phi) is 6.47. The maximum Gasteiger partial charge on any atom is 0.260 e. The number of benzene rings is 2. The molecule has 8 nitrogen and oxygen atoms in total. The molecule has 2 N–H and O–H groups in total. The summed E-state index contributed by atoms with van der Waals surface area (Å²) in [5.74, 6) is 0.292. The molecular weight excluding hydrogens is 480 g/mol. The Morgan fingerprint density at radius 3 is 2.61 bits per heavy atom. The summed E-state index contributed by atoms with van der Waals surface area (Å²) in [6.07, 6.45) is 3.72. The summed E-state index contributed by atoms with van der Waals surface area (Å²) in [6, 6.07) is 8.74. The van der Waals surface area contributed by atoms with Gasteiger partial charge in [0.15, 0.2) is 0 Å². The molecule has 1 atom stereocenters. The van der Waals surface area contributed by atoms with Gasteiger partial charge in [0.25, 0.3) is 11.5 Å². The second kappa shape index (κ2) is 9.72. The Labute approximate surface area is 212 Å². The number of H-pyrrole nitrogens is 1. The Morgan fingerprint density at radius 1 is 1.22 bits per heavy atom. The molecule has 4 aromatic rings. The highest BCUT2D eigenvalue weighted by atomic mass is 35.5. The Hall–Kier alpha value is -3.75. The topological polar surface area (TPSA) is 106 Å². The van der Waals surface area contributed by atoms with Crippen molar-refractivity contribution < 1.29 is 14.3 Å².